The number of nitrogens with zero attached hydrogens (tertiary/aromatic N) is 3. The first-order chi connectivity index (χ1) is 14.6. The van der Waals surface area contributed by atoms with Gasteiger partial charge in [-0.15, -0.1) is 11.3 Å². The average Bonchev–Trinajstić information content (AvgIpc) is 3.32. The van der Waals surface area contributed by atoms with E-state index >= 15 is 0 Å². The van der Waals surface area contributed by atoms with Crippen molar-refractivity contribution in [3.63, 3.8) is 0 Å². The molecule has 166 valence electrons. The monoisotopic (exact) mass is 433 g/mol. The van der Waals surface area contributed by atoms with Crippen molar-refractivity contribution in [2.24, 2.45) is 5.41 Å². The summed E-state index contributed by atoms with van der Waals surface area (Å²) >= 11 is 1.47. The number of hydrogen-bond acceptors (Lipinski definition) is 6. The second-order valence-corrected chi connectivity index (χ2v) is 9.27. The van der Waals surface area contributed by atoms with Crippen LogP contribution >= 0.6 is 11.3 Å². The molecule has 0 aromatic carbocycles. The zero-order valence-corrected chi connectivity index (χ0v) is 19.4. The smallest absolute Gasteiger partial charge is 0.358 e. The molecule has 0 aliphatic heterocycles. The van der Waals surface area contributed by atoms with E-state index in [9.17, 15) is 4.79 Å². The Morgan fingerprint density at radius 3 is 2.67 bits per heavy atom. The van der Waals surface area contributed by atoms with E-state index in [1.165, 1.54) is 62.7 Å². The fraction of sp³-hybridized carbons (Fsp3) is 0.696. The summed E-state index contributed by atoms with van der Waals surface area (Å²) in [6.45, 7) is 6.00. The minimum absolute atomic E-state index is 0.269. The summed E-state index contributed by atoms with van der Waals surface area (Å²) in [5.74, 6) is -0.364. The average molecular weight is 434 g/mol. The van der Waals surface area contributed by atoms with Gasteiger partial charge >= 0.3 is 5.97 Å². The van der Waals surface area contributed by atoms with Crippen LogP contribution in [0.2, 0.25) is 0 Å². The van der Waals surface area contributed by atoms with Crippen LogP contribution in [-0.4, -0.2) is 41.1 Å². The standard InChI is InChI=1S/C23H35N3O3S/c1-4-29-22(27)20-21(30-17-24-20)19-15-25-26(18(19)2)16-23(13-10-14-28-3)11-8-6-5-7-9-12-23/h15,17H,4-14,16H2,1-3H3. The molecule has 0 saturated heterocycles. The van der Waals surface area contributed by atoms with Crippen molar-refractivity contribution >= 4 is 17.3 Å². The summed E-state index contributed by atoms with van der Waals surface area (Å²) in [6.07, 6.45) is 13.3. The van der Waals surface area contributed by atoms with Crippen LogP contribution in [0.3, 0.4) is 0 Å². The van der Waals surface area contributed by atoms with Gasteiger partial charge in [0.05, 0.1) is 23.2 Å². The Bertz CT molecular complexity index is 806. The molecule has 6 nitrogen and oxygen atoms in total. The molecule has 0 amide bonds. The highest BCUT2D eigenvalue weighted by molar-refractivity contribution is 7.13. The van der Waals surface area contributed by atoms with E-state index < -0.39 is 0 Å². The number of aromatic nitrogens is 3. The van der Waals surface area contributed by atoms with Gasteiger partial charge in [-0.1, -0.05) is 32.1 Å². The maximum Gasteiger partial charge on any atom is 0.358 e. The topological polar surface area (TPSA) is 66.2 Å². The molecule has 1 saturated carbocycles. The molecule has 1 aliphatic carbocycles. The lowest BCUT2D eigenvalue weighted by atomic mass is 9.73. The summed E-state index contributed by atoms with van der Waals surface area (Å²) in [4.78, 5) is 17.4. The number of methoxy groups -OCH3 is 1. The zero-order valence-electron chi connectivity index (χ0n) is 18.6. The third-order valence-electron chi connectivity index (χ3n) is 6.34. The van der Waals surface area contributed by atoms with Crippen molar-refractivity contribution in [2.45, 2.75) is 78.2 Å². The van der Waals surface area contributed by atoms with Crippen LogP contribution in [-0.2, 0) is 16.0 Å². The van der Waals surface area contributed by atoms with E-state index in [2.05, 4.69) is 16.6 Å². The van der Waals surface area contributed by atoms with Crippen molar-refractivity contribution in [3.05, 3.63) is 23.1 Å². The minimum Gasteiger partial charge on any atom is -0.461 e. The molecule has 0 unspecified atom stereocenters. The lowest BCUT2D eigenvalue weighted by Crippen LogP contribution is -2.29. The first kappa shape index (κ1) is 22.9. The third kappa shape index (κ3) is 5.49. The number of carbonyl (C=O) groups excluding carboxylic acids is 1. The molecule has 1 aliphatic rings. The van der Waals surface area contributed by atoms with Gasteiger partial charge in [0.1, 0.15) is 0 Å². The van der Waals surface area contributed by atoms with Gasteiger partial charge in [-0.2, -0.15) is 5.10 Å². The van der Waals surface area contributed by atoms with Gasteiger partial charge in [0.25, 0.3) is 0 Å². The van der Waals surface area contributed by atoms with Crippen LogP contribution < -0.4 is 0 Å². The summed E-state index contributed by atoms with van der Waals surface area (Å²) in [7, 11) is 1.78. The Morgan fingerprint density at radius 1 is 1.23 bits per heavy atom. The van der Waals surface area contributed by atoms with Gasteiger partial charge in [0.15, 0.2) is 5.69 Å². The quantitative estimate of drug-likeness (QED) is 0.378. The highest BCUT2D eigenvalue weighted by Crippen LogP contribution is 2.41. The Morgan fingerprint density at radius 2 is 1.97 bits per heavy atom. The van der Waals surface area contributed by atoms with Crippen LogP contribution in [0.5, 0.6) is 0 Å². The molecule has 2 aromatic rings. The maximum atomic E-state index is 12.3. The normalized spacial score (nSPS) is 16.8. The van der Waals surface area contributed by atoms with Crippen molar-refractivity contribution in [2.75, 3.05) is 20.3 Å². The van der Waals surface area contributed by atoms with Crippen molar-refractivity contribution in [1.29, 1.82) is 0 Å². The van der Waals surface area contributed by atoms with Gasteiger partial charge in [-0.3, -0.25) is 4.68 Å². The predicted molar refractivity (Wildman–Crippen MR) is 120 cm³/mol. The Hall–Kier alpha value is -1.73. The number of ether oxygens (including phenoxy) is 2. The first-order valence-electron chi connectivity index (χ1n) is 11.2. The van der Waals surface area contributed by atoms with E-state index in [4.69, 9.17) is 14.6 Å². The van der Waals surface area contributed by atoms with Crippen LogP contribution in [0.15, 0.2) is 11.7 Å². The molecular weight excluding hydrogens is 398 g/mol. The predicted octanol–water partition coefficient (Wildman–Crippen LogP) is 5.65. The second-order valence-electron chi connectivity index (χ2n) is 8.42. The summed E-state index contributed by atoms with van der Waals surface area (Å²) in [6, 6.07) is 0. The highest BCUT2D eigenvalue weighted by atomic mass is 32.1. The number of carbonyl (C=O) groups is 1. The summed E-state index contributed by atoms with van der Waals surface area (Å²) < 4.78 is 12.7. The van der Waals surface area contributed by atoms with E-state index in [-0.39, 0.29) is 11.4 Å². The molecule has 7 heteroatoms. The number of rotatable bonds is 9. The van der Waals surface area contributed by atoms with Crippen LogP contribution in [0, 0.1) is 12.3 Å². The molecule has 2 aromatic heterocycles. The number of thiazole rings is 1. The molecular formula is C23H35N3O3S. The molecule has 3 rings (SSSR count). The summed E-state index contributed by atoms with van der Waals surface area (Å²) in [5, 5.41) is 4.75. The Kier molecular flexibility index (Phi) is 8.45. The molecule has 0 spiro atoms. The summed E-state index contributed by atoms with van der Waals surface area (Å²) in [5.41, 5.74) is 4.45. The molecule has 0 N–H and O–H groups in total. The maximum absolute atomic E-state index is 12.3. The lowest BCUT2D eigenvalue weighted by Gasteiger charge is -2.36. The van der Waals surface area contributed by atoms with Crippen LogP contribution in [0.25, 0.3) is 10.4 Å². The van der Waals surface area contributed by atoms with Crippen molar-refractivity contribution in [3.8, 4) is 10.4 Å². The SMILES string of the molecule is CCOC(=O)c1ncsc1-c1cnn(CC2(CCCOC)CCCCCCC2)c1C. The molecule has 30 heavy (non-hydrogen) atoms. The van der Waals surface area contributed by atoms with Crippen LogP contribution in [0.1, 0.15) is 80.9 Å². The van der Waals surface area contributed by atoms with Gasteiger partial charge in [-0.25, -0.2) is 9.78 Å². The van der Waals surface area contributed by atoms with Crippen LogP contribution in [0.4, 0.5) is 0 Å². The van der Waals surface area contributed by atoms with Gasteiger partial charge in [0, 0.05) is 31.5 Å². The van der Waals surface area contributed by atoms with E-state index in [1.807, 2.05) is 13.1 Å². The van der Waals surface area contributed by atoms with Gasteiger partial charge in [-0.05, 0) is 44.9 Å². The molecule has 2 heterocycles. The third-order valence-corrected chi connectivity index (χ3v) is 7.20. The fourth-order valence-corrected chi connectivity index (χ4v) is 5.50. The second kappa shape index (κ2) is 11.0. The molecule has 1 fully saturated rings. The fourth-order valence-electron chi connectivity index (χ4n) is 4.66. The van der Waals surface area contributed by atoms with E-state index in [0.717, 1.165) is 35.7 Å². The van der Waals surface area contributed by atoms with Crippen molar-refractivity contribution in [1.82, 2.24) is 14.8 Å². The Balaban J connectivity index is 1.84. The molecule has 0 atom stereocenters. The highest BCUT2D eigenvalue weighted by Gasteiger charge is 2.32. The Labute approximate surface area is 184 Å². The largest absolute Gasteiger partial charge is 0.461 e. The number of hydrogen-bond donors (Lipinski definition) is 0. The van der Waals surface area contributed by atoms with Gasteiger partial charge in [0.2, 0.25) is 0 Å². The van der Waals surface area contributed by atoms with Crippen molar-refractivity contribution < 1.29 is 14.3 Å². The van der Waals surface area contributed by atoms with E-state index in [0.29, 0.717) is 12.3 Å². The number of esters is 1. The first-order valence-corrected chi connectivity index (χ1v) is 12.1. The van der Waals surface area contributed by atoms with E-state index in [1.54, 1.807) is 12.6 Å². The molecule has 0 bridgehead atoms. The van der Waals surface area contributed by atoms with Gasteiger partial charge < -0.3 is 9.47 Å². The lowest BCUT2D eigenvalue weighted by molar-refractivity contribution is 0.0521. The zero-order chi connectivity index (χ0) is 21.4. The minimum atomic E-state index is -0.364. The molecule has 0 radical (unpaired) electrons.